The summed E-state index contributed by atoms with van der Waals surface area (Å²) in [5, 5.41) is 7.90. The number of hydrogen-bond donors (Lipinski definition) is 0. The van der Waals surface area contributed by atoms with Gasteiger partial charge >= 0.3 is 0 Å². The number of para-hydroxylation sites is 1. The molecule has 0 amide bonds. The molecule has 0 radical (unpaired) electrons. The zero-order valence-corrected chi connectivity index (χ0v) is 32.4. The topological polar surface area (TPSA) is 3.24 Å². The zero-order chi connectivity index (χ0) is 37.6. The third-order valence-corrected chi connectivity index (χ3v) is 14.2. The van der Waals surface area contributed by atoms with Crippen molar-refractivity contribution in [2.45, 2.75) is 51.0 Å². The van der Waals surface area contributed by atoms with E-state index >= 15 is 0 Å². The van der Waals surface area contributed by atoms with E-state index in [9.17, 15) is 0 Å². The van der Waals surface area contributed by atoms with Gasteiger partial charge in [-0.25, -0.2) is 0 Å². The highest BCUT2D eigenvalue weighted by Crippen LogP contribution is 2.63. The molecule has 1 aliphatic carbocycles. The predicted octanol–water partition coefficient (Wildman–Crippen LogP) is 15.2. The Labute approximate surface area is 330 Å². The third kappa shape index (κ3) is 4.61. The van der Waals surface area contributed by atoms with E-state index in [1.54, 1.807) is 0 Å². The van der Waals surface area contributed by atoms with Crippen molar-refractivity contribution in [1.29, 1.82) is 0 Å². The maximum absolute atomic E-state index is 2.70. The van der Waals surface area contributed by atoms with E-state index in [0.717, 1.165) is 0 Å². The SMILES string of the molecule is CC1CCCC2(C)c3cc(-c4cc(-c5ccccc5)c5ccc6c(-c7ccccc7)cc(-c7ccccc7)c7ccc4c5c67)ccc3N(c3ccccc3)C12C. The molecule has 0 aromatic heterocycles. The molecule has 1 heterocycles. The first kappa shape index (κ1) is 33.2. The smallest absolute Gasteiger partial charge is 0.0543 e. The van der Waals surface area contributed by atoms with Crippen LogP contribution in [-0.4, -0.2) is 5.54 Å². The van der Waals surface area contributed by atoms with E-state index in [2.05, 4.69) is 202 Å². The summed E-state index contributed by atoms with van der Waals surface area (Å²) < 4.78 is 0. The van der Waals surface area contributed by atoms with Gasteiger partial charge in [0.1, 0.15) is 0 Å². The molecular weight excluding hydrogens is 675 g/mol. The second-order valence-corrected chi connectivity index (χ2v) is 16.8. The minimum Gasteiger partial charge on any atom is -0.334 e. The minimum absolute atomic E-state index is 0.00701. The second-order valence-electron chi connectivity index (χ2n) is 16.8. The summed E-state index contributed by atoms with van der Waals surface area (Å²) >= 11 is 0. The van der Waals surface area contributed by atoms with Gasteiger partial charge in [0, 0.05) is 16.8 Å². The fraction of sp³-hybridized carbons (Fsp3) is 0.164. The molecule has 0 saturated heterocycles. The second kappa shape index (κ2) is 12.4. The van der Waals surface area contributed by atoms with E-state index in [1.807, 2.05) is 0 Å². The Morgan fingerprint density at radius 1 is 0.464 bits per heavy atom. The number of nitrogens with zero attached hydrogens (tertiary/aromatic N) is 1. The predicted molar refractivity (Wildman–Crippen MR) is 239 cm³/mol. The van der Waals surface area contributed by atoms with Crippen molar-refractivity contribution >= 4 is 43.7 Å². The molecule has 2 aliphatic rings. The molecule has 1 saturated carbocycles. The lowest BCUT2D eigenvalue weighted by atomic mass is 9.57. The zero-order valence-electron chi connectivity index (χ0n) is 32.4. The molecular formula is C55H45N. The first-order chi connectivity index (χ1) is 27.5. The van der Waals surface area contributed by atoms with Crippen LogP contribution in [0.2, 0.25) is 0 Å². The molecule has 1 heteroatoms. The standard InChI is InChI=1S/C55H45N/c1-36-17-16-32-54(2)50-33-40(26-31-51(50)56(55(36,54)3)41-24-14-7-15-25-41)49-35-48(39-22-12-6-13-23-39)44-28-27-42-46(37-18-8-4-9-19-37)34-47(38-20-10-5-11-21-38)43-29-30-45(49)53(44)52(42)43/h4-15,18-31,33-36H,16-17,32H2,1-3H3. The van der Waals surface area contributed by atoms with Crippen LogP contribution < -0.4 is 4.90 Å². The number of fused-ring (bicyclic) bond motifs is 3. The van der Waals surface area contributed by atoms with E-state index in [4.69, 9.17) is 0 Å². The normalized spacial score (nSPS) is 20.5. The molecule has 1 nitrogen and oxygen atoms in total. The lowest BCUT2D eigenvalue weighted by molar-refractivity contribution is 0.130. The maximum atomic E-state index is 2.70. The van der Waals surface area contributed by atoms with Crippen LogP contribution in [0.1, 0.15) is 45.6 Å². The Kier molecular flexibility index (Phi) is 7.36. The van der Waals surface area contributed by atoms with Gasteiger partial charge in [-0.2, -0.15) is 0 Å². The highest BCUT2D eigenvalue weighted by atomic mass is 15.3. The van der Waals surface area contributed by atoms with Crippen LogP contribution >= 0.6 is 0 Å². The van der Waals surface area contributed by atoms with Gasteiger partial charge < -0.3 is 4.90 Å². The number of hydrogen-bond acceptors (Lipinski definition) is 1. The highest BCUT2D eigenvalue weighted by molar-refractivity contribution is 6.32. The van der Waals surface area contributed by atoms with Crippen molar-refractivity contribution in [3.8, 4) is 44.5 Å². The first-order valence-electron chi connectivity index (χ1n) is 20.4. The summed E-state index contributed by atoms with van der Waals surface area (Å²) in [4.78, 5) is 2.70. The average molecular weight is 720 g/mol. The fourth-order valence-electron chi connectivity index (χ4n) is 11.1. The van der Waals surface area contributed by atoms with E-state index in [-0.39, 0.29) is 11.0 Å². The van der Waals surface area contributed by atoms with Gasteiger partial charge in [0.2, 0.25) is 0 Å². The quantitative estimate of drug-likeness (QED) is 0.160. The first-order valence-corrected chi connectivity index (χ1v) is 20.4. The Hall–Kier alpha value is -6.18. The summed E-state index contributed by atoms with van der Waals surface area (Å²) in [6.07, 6.45) is 3.69. The Morgan fingerprint density at radius 2 is 0.893 bits per heavy atom. The van der Waals surface area contributed by atoms with E-state index < -0.39 is 0 Å². The van der Waals surface area contributed by atoms with Crippen LogP contribution in [0.25, 0.3) is 76.8 Å². The summed E-state index contributed by atoms with van der Waals surface area (Å²) in [5.74, 6) is 0.550. The largest absolute Gasteiger partial charge is 0.334 e. The van der Waals surface area contributed by atoms with Gasteiger partial charge in [-0.3, -0.25) is 0 Å². The molecule has 1 fully saturated rings. The van der Waals surface area contributed by atoms with Gasteiger partial charge in [0.25, 0.3) is 0 Å². The molecule has 0 spiro atoms. The Morgan fingerprint density at radius 3 is 1.36 bits per heavy atom. The van der Waals surface area contributed by atoms with Crippen molar-refractivity contribution < 1.29 is 0 Å². The number of anilines is 2. The molecule has 1 aliphatic heterocycles. The van der Waals surface area contributed by atoms with Crippen LogP contribution in [0.3, 0.4) is 0 Å². The van der Waals surface area contributed by atoms with Crippen molar-refractivity contribution in [3.05, 3.63) is 181 Å². The van der Waals surface area contributed by atoms with Gasteiger partial charge in [-0.15, -0.1) is 0 Å². The van der Waals surface area contributed by atoms with Crippen LogP contribution in [-0.2, 0) is 5.41 Å². The highest BCUT2D eigenvalue weighted by Gasteiger charge is 2.60. The molecule has 3 unspecified atom stereocenters. The third-order valence-electron chi connectivity index (χ3n) is 14.2. The lowest BCUT2D eigenvalue weighted by Gasteiger charge is -2.54. The van der Waals surface area contributed by atoms with Crippen molar-refractivity contribution in [2.75, 3.05) is 4.90 Å². The fourth-order valence-corrected chi connectivity index (χ4v) is 11.1. The van der Waals surface area contributed by atoms with Crippen LogP contribution in [0.15, 0.2) is 176 Å². The molecule has 270 valence electrons. The van der Waals surface area contributed by atoms with Crippen molar-refractivity contribution in [2.24, 2.45) is 5.92 Å². The van der Waals surface area contributed by atoms with Gasteiger partial charge in [-0.05, 0) is 144 Å². The minimum atomic E-state index is -0.0346. The number of benzene rings is 9. The van der Waals surface area contributed by atoms with Crippen LogP contribution in [0.4, 0.5) is 11.4 Å². The molecule has 0 bridgehead atoms. The average Bonchev–Trinajstić information content (AvgIpc) is 3.47. The monoisotopic (exact) mass is 719 g/mol. The molecule has 3 atom stereocenters. The molecule has 9 aromatic carbocycles. The van der Waals surface area contributed by atoms with Crippen LogP contribution in [0.5, 0.6) is 0 Å². The van der Waals surface area contributed by atoms with Gasteiger partial charge in [-0.1, -0.05) is 160 Å². The van der Waals surface area contributed by atoms with E-state index in [0.29, 0.717) is 5.92 Å². The Bertz CT molecular complexity index is 2850. The molecule has 11 rings (SSSR count). The summed E-state index contributed by atoms with van der Waals surface area (Å²) in [6, 6.07) is 66.0. The van der Waals surface area contributed by atoms with Gasteiger partial charge in [0.05, 0.1) is 5.54 Å². The van der Waals surface area contributed by atoms with Crippen molar-refractivity contribution in [1.82, 2.24) is 0 Å². The Balaban J connectivity index is 1.24. The lowest BCUT2D eigenvalue weighted by Crippen LogP contribution is -2.59. The summed E-state index contributed by atoms with van der Waals surface area (Å²) in [7, 11) is 0. The summed E-state index contributed by atoms with van der Waals surface area (Å²) in [6.45, 7) is 7.59. The number of rotatable bonds is 5. The molecule has 56 heavy (non-hydrogen) atoms. The molecule has 9 aromatic rings. The van der Waals surface area contributed by atoms with Crippen LogP contribution in [0, 0.1) is 5.92 Å². The van der Waals surface area contributed by atoms with Crippen molar-refractivity contribution in [3.63, 3.8) is 0 Å². The maximum Gasteiger partial charge on any atom is 0.0543 e. The van der Waals surface area contributed by atoms with Gasteiger partial charge in [0.15, 0.2) is 0 Å². The molecule has 0 N–H and O–H groups in total. The van der Waals surface area contributed by atoms with E-state index in [1.165, 1.54) is 113 Å². The summed E-state index contributed by atoms with van der Waals surface area (Å²) in [5.41, 5.74) is 14.3.